The SMILES string of the molecule is COC(=O)c1ccc(N2N=C(/C=C/c3ccccc3)C[C@H]2c2ccccc2)cc1. The van der Waals surface area contributed by atoms with Gasteiger partial charge in [0.25, 0.3) is 0 Å². The largest absolute Gasteiger partial charge is 0.465 e. The second-order valence-corrected chi connectivity index (χ2v) is 6.85. The lowest BCUT2D eigenvalue weighted by Crippen LogP contribution is -2.18. The van der Waals surface area contributed by atoms with Gasteiger partial charge in [0.15, 0.2) is 0 Å². The topological polar surface area (TPSA) is 41.9 Å². The molecule has 0 saturated carbocycles. The van der Waals surface area contributed by atoms with Gasteiger partial charge < -0.3 is 4.74 Å². The summed E-state index contributed by atoms with van der Waals surface area (Å²) in [6.45, 7) is 0. The zero-order valence-electron chi connectivity index (χ0n) is 16.2. The molecule has 1 aliphatic heterocycles. The Balaban J connectivity index is 1.64. The number of anilines is 1. The number of nitrogens with zero attached hydrogens (tertiary/aromatic N) is 2. The van der Waals surface area contributed by atoms with Crippen LogP contribution in [0.25, 0.3) is 6.08 Å². The van der Waals surface area contributed by atoms with Gasteiger partial charge in [-0.15, -0.1) is 0 Å². The molecule has 0 bridgehead atoms. The predicted octanol–water partition coefficient (Wildman–Crippen LogP) is 5.49. The molecule has 4 heteroatoms. The van der Waals surface area contributed by atoms with Gasteiger partial charge in [-0.1, -0.05) is 66.7 Å². The van der Waals surface area contributed by atoms with Gasteiger partial charge in [0, 0.05) is 6.42 Å². The third-order valence-electron chi connectivity index (χ3n) is 4.94. The van der Waals surface area contributed by atoms with Gasteiger partial charge in [0.2, 0.25) is 0 Å². The first-order chi connectivity index (χ1) is 14.2. The van der Waals surface area contributed by atoms with E-state index < -0.39 is 0 Å². The van der Waals surface area contributed by atoms with Gasteiger partial charge in [0.05, 0.1) is 30.1 Å². The van der Waals surface area contributed by atoms with Crippen LogP contribution in [0.5, 0.6) is 0 Å². The van der Waals surface area contributed by atoms with E-state index in [1.54, 1.807) is 12.1 Å². The van der Waals surface area contributed by atoms with E-state index in [1.165, 1.54) is 12.7 Å². The van der Waals surface area contributed by atoms with Crippen molar-refractivity contribution in [3.8, 4) is 0 Å². The van der Waals surface area contributed by atoms with E-state index in [0.29, 0.717) is 5.56 Å². The molecule has 0 spiro atoms. The fourth-order valence-electron chi connectivity index (χ4n) is 3.43. The molecule has 4 nitrogen and oxygen atoms in total. The highest BCUT2D eigenvalue weighted by Crippen LogP contribution is 2.35. The molecule has 144 valence electrons. The molecular formula is C25H22N2O2. The molecule has 1 aliphatic rings. The molecule has 0 aliphatic carbocycles. The summed E-state index contributed by atoms with van der Waals surface area (Å²) in [4.78, 5) is 11.7. The normalized spacial score (nSPS) is 16.1. The van der Waals surface area contributed by atoms with Crippen molar-refractivity contribution in [2.45, 2.75) is 12.5 Å². The Morgan fingerprint density at radius 2 is 1.59 bits per heavy atom. The van der Waals surface area contributed by atoms with Crippen molar-refractivity contribution in [1.82, 2.24) is 0 Å². The molecule has 0 radical (unpaired) electrons. The number of allylic oxidation sites excluding steroid dienone is 1. The summed E-state index contributed by atoms with van der Waals surface area (Å²) in [5.41, 5.74) is 4.83. The first-order valence-electron chi connectivity index (χ1n) is 9.58. The average molecular weight is 382 g/mol. The smallest absolute Gasteiger partial charge is 0.337 e. The summed E-state index contributed by atoms with van der Waals surface area (Å²) >= 11 is 0. The number of carbonyl (C=O) groups excluding carboxylic acids is 1. The Hall–Kier alpha value is -3.66. The minimum absolute atomic E-state index is 0.107. The van der Waals surface area contributed by atoms with Crippen LogP contribution in [0.1, 0.15) is 33.9 Å². The van der Waals surface area contributed by atoms with Crippen LogP contribution in [0, 0.1) is 0 Å². The van der Waals surface area contributed by atoms with Crippen LogP contribution in [0.2, 0.25) is 0 Å². The Bertz CT molecular complexity index is 1030. The van der Waals surface area contributed by atoms with E-state index in [2.05, 4.69) is 36.4 Å². The van der Waals surface area contributed by atoms with Gasteiger partial charge in [-0.05, 0) is 41.5 Å². The van der Waals surface area contributed by atoms with Gasteiger partial charge in [-0.2, -0.15) is 5.10 Å². The van der Waals surface area contributed by atoms with Crippen LogP contribution in [0.15, 0.2) is 96.1 Å². The molecule has 3 aromatic rings. The second-order valence-electron chi connectivity index (χ2n) is 6.85. The maximum atomic E-state index is 11.7. The third-order valence-corrected chi connectivity index (χ3v) is 4.94. The number of methoxy groups -OCH3 is 1. The summed E-state index contributed by atoms with van der Waals surface area (Å²) in [6.07, 6.45) is 4.98. The molecule has 1 heterocycles. The quantitative estimate of drug-likeness (QED) is 0.548. The molecular weight excluding hydrogens is 360 g/mol. The minimum Gasteiger partial charge on any atom is -0.465 e. The van der Waals surface area contributed by atoms with Crippen LogP contribution in [-0.2, 0) is 4.74 Å². The standard InChI is InChI=1S/C25H22N2O2/c1-29-25(28)21-13-16-23(17-14-21)27-24(20-10-6-3-7-11-20)18-22(26-27)15-12-19-8-4-2-5-9-19/h2-17,24H,18H2,1H3/b15-12+/t24-/m0/s1. The highest BCUT2D eigenvalue weighted by Gasteiger charge is 2.28. The fourth-order valence-corrected chi connectivity index (χ4v) is 3.43. The van der Waals surface area contributed by atoms with Gasteiger partial charge in [0.1, 0.15) is 0 Å². The van der Waals surface area contributed by atoms with Crippen molar-refractivity contribution < 1.29 is 9.53 Å². The molecule has 3 aromatic carbocycles. The van der Waals surface area contributed by atoms with E-state index in [9.17, 15) is 4.79 Å². The van der Waals surface area contributed by atoms with Crippen LogP contribution in [-0.4, -0.2) is 18.8 Å². The van der Waals surface area contributed by atoms with Gasteiger partial charge in [-0.3, -0.25) is 5.01 Å². The number of ether oxygens (including phenoxy) is 1. The first-order valence-corrected chi connectivity index (χ1v) is 9.58. The third kappa shape index (κ3) is 4.27. The lowest BCUT2D eigenvalue weighted by molar-refractivity contribution is 0.0601. The van der Waals surface area contributed by atoms with E-state index >= 15 is 0 Å². The number of hydrazone groups is 1. The van der Waals surface area contributed by atoms with Crippen LogP contribution >= 0.6 is 0 Å². The Labute approximate surface area is 170 Å². The lowest BCUT2D eigenvalue weighted by Gasteiger charge is -2.24. The van der Waals surface area contributed by atoms with E-state index in [1.807, 2.05) is 53.5 Å². The summed E-state index contributed by atoms with van der Waals surface area (Å²) in [5, 5.41) is 6.90. The zero-order valence-corrected chi connectivity index (χ0v) is 16.2. The zero-order chi connectivity index (χ0) is 20.1. The molecule has 0 aromatic heterocycles. The molecule has 29 heavy (non-hydrogen) atoms. The van der Waals surface area contributed by atoms with Crippen molar-refractivity contribution in [2.75, 3.05) is 12.1 Å². The van der Waals surface area contributed by atoms with Crippen molar-refractivity contribution in [3.05, 3.63) is 108 Å². The minimum atomic E-state index is -0.340. The van der Waals surface area contributed by atoms with E-state index in [0.717, 1.165) is 23.4 Å². The fraction of sp³-hybridized carbons (Fsp3) is 0.120. The predicted molar refractivity (Wildman–Crippen MR) is 117 cm³/mol. The molecule has 1 atom stereocenters. The second kappa shape index (κ2) is 8.57. The molecule has 0 N–H and O–H groups in total. The number of hydrogen-bond acceptors (Lipinski definition) is 4. The van der Waals surface area contributed by atoms with E-state index in [-0.39, 0.29) is 12.0 Å². The molecule has 0 fully saturated rings. The summed E-state index contributed by atoms with van der Waals surface area (Å²) < 4.78 is 4.79. The first kappa shape index (κ1) is 18.7. The molecule has 0 amide bonds. The molecule has 0 saturated heterocycles. The monoisotopic (exact) mass is 382 g/mol. The van der Waals surface area contributed by atoms with Gasteiger partial charge in [-0.25, -0.2) is 4.79 Å². The average Bonchev–Trinajstić information content (AvgIpc) is 3.23. The Morgan fingerprint density at radius 3 is 2.24 bits per heavy atom. The molecule has 4 rings (SSSR count). The number of benzene rings is 3. The van der Waals surface area contributed by atoms with Crippen molar-refractivity contribution >= 4 is 23.4 Å². The summed E-state index contributed by atoms with van der Waals surface area (Å²) in [7, 11) is 1.39. The number of hydrogen-bond donors (Lipinski definition) is 0. The van der Waals surface area contributed by atoms with Crippen molar-refractivity contribution in [2.24, 2.45) is 5.10 Å². The van der Waals surface area contributed by atoms with Crippen LogP contribution in [0.3, 0.4) is 0 Å². The highest BCUT2D eigenvalue weighted by atomic mass is 16.5. The number of esters is 1. The lowest BCUT2D eigenvalue weighted by atomic mass is 10.0. The summed E-state index contributed by atoms with van der Waals surface area (Å²) in [5.74, 6) is -0.340. The number of carbonyl (C=O) groups is 1. The van der Waals surface area contributed by atoms with Gasteiger partial charge >= 0.3 is 5.97 Å². The van der Waals surface area contributed by atoms with Crippen LogP contribution < -0.4 is 5.01 Å². The maximum absolute atomic E-state index is 11.7. The Morgan fingerprint density at radius 1 is 0.931 bits per heavy atom. The Kier molecular flexibility index (Phi) is 5.52. The van der Waals surface area contributed by atoms with Crippen molar-refractivity contribution in [1.29, 1.82) is 0 Å². The maximum Gasteiger partial charge on any atom is 0.337 e. The number of rotatable bonds is 5. The van der Waals surface area contributed by atoms with Crippen molar-refractivity contribution in [3.63, 3.8) is 0 Å². The highest BCUT2D eigenvalue weighted by molar-refractivity contribution is 6.01. The van der Waals surface area contributed by atoms with Crippen LogP contribution in [0.4, 0.5) is 5.69 Å². The van der Waals surface area contributed by atoms with E-state index in [4.69, 9.17) is 9.84 Å². The summed E-state index contributed by atoms with van der Waals surface area (Å²) in [6, 6.07) is 28.1. The molecule has 0 unspecified atom stereocenters.